The molecule has 29 heteroatoms. The molecule has 5 aliphatic rings. The van der Waals surface area contributed by atoms with Crippen LogP contribution in [0.2, 0.25) is 0 Å². The topological polar surface area (TPSA) is 410 Å². The number of nitrogens with one attached hydrogen (secondary N) is 10. The van der Waals surface area contributed by atoms with Gasteiger partial charge in [0, 0.05) is 71.3 Å². The number of carboxylic acid groups (broad SMARTS) is 1. The lowest BCUT2D eigenvalue weighted by molar-refractivity contribution is -0.138. The third-order valence-corrected chi connectivity index (χ3v) is 12.4. The van der Waals surface area contributed by atoms with Gasteiger partial charge >= 0.3 is 36.4 Å². The predicted octanol–water partition coefficient (Wildman–Crippen LogP) is 6.43. The van der Waals surface area contributed by atoms with Crippen LogP contribution in [0.1, 0.15) is 214 Å². The number of hydrogen-bond acceptors (Lipinski definition) is 21. The van der Waals surface area contributed by atoms with Crippen LogP contribution in [0.5, 0.6) is 0 Å². The summed E-state index contributed by atoms with van der Waals surface area (Å²) >= 11 is 1.75. The van der Waals surface area contributed by atoms with Crippen LogP contribution in [-0.4, -0.2) is 211 Å². The van der Waals surface area contributed by atoms with Gasteiger partial charge in [-0.3, -0.25) is 9.59 Å². The van der Waals surface area contributed by atoms with E-state index in [9.17, 15) is 33.6 Å². The molecule has 547 valence electrons. The highest BCUT2D eigenvalue weighted by Crippen LogP contribution is 2.14. The molecule has 0 aliphatic carbocycles. The Balaban J connectivity index is -0.000000498. The van der Waals surface area contributed by atoms with E-state index in [-0.39, 0.29) is 62.9 Å². The van der Waals surface area contributed by atoms with Crippen LogP contribution in [0, 0.1) is 0 Å². The van der Waals surface area contributed by atoms with Crippen molar-refractivity contribution in [3.05, 3.63) is 0 Å². The summed E-state index contributed by atoms with van der Waals surface area (Å²) in [6.07, 6.45) is 18.2. The van der Waals surface area contributed by atoms with Gasteiger partial charge in [-0.2, -0.15) is 11.8 Å². The Morgan fingerprint density at radius 1 is 0.473 bits per heavy atom. The molecule has 5 saturated heterocycles. The van der Waals surface area contributed by atoms with Crippen molar-refractivity contribution in [2.75, 3.05) is 84.5 Å². The van der Waals surface area contributed by atoms with Crippen LogP contribution in [-0.2, 0) is 33.3 Å². The second kappa shape index (κ2) is 53.5. The molecule has 5 aliphatic heterocycles. The lowest BCUT2D eigenvalue weighted by Gasteiger charge is -2.26. The Morgan fingerprint density at radius 2 is 0.742 bits per heavy atom. The number of nitrogens with two attached hydrogens (primary N) is 4. The summed E-state index contributed by atoms with van der Waals surface area (Å²) in [5.74, 6) is -1.09. The number of ether oxygens (including phenoxy) is 5. The molecular formula is C64H134BN14O13S. The van der Waals surface area contributed by atoms with Gasteiger partial charge < -0.3 is 105 Å². The zero-order chi connectivity index (χ0) is 71.0. The van der Waals surface area contributed by atoms with Crippen molar-refractivity contribution in [2.45, 2.75) is 284 Å². The standard InChI is InChI=1S/2C11H22N2O2.C10H18N2O3.2C10H20N2O2.C5H12N2O2.C5H14N2.C2H6S.B/c2*1-11(2,3)15-10(14)13-9-6-4-5-7-12-8-9;1-10(2,3)15-9(14)12-7-5-4-6-11-8(7)13;2*1-10(2,3)14-9(13)12-8-5-4-6-11-7-8;6-3-1-2-4(7)5(8)9;1-5(7)3-2-4-6;1-3-2;/h2*9,12H,4-8H2,1-3H3,(H,13,14);7H,4-6H2,1-3H3,(H,11,13)(H,12,14);2*8,11H,4-7H2,1-3H3,(H,12,13);4H,1-3,6-7H2,(H,8,9);5H,2-4,6-7H2,1H3;1-2H3;/t2*9-;;2*8-;;;;/m10.10..../s1. The molecule has 0 bridgehead atoms. The molecule has 5 fully saturated rings. The summed E-state index contributed by atoms with van der Waals surface area (Å²) in [4.78, 5) is 78.4. The zero-order valence-corrected chi connectivity index (χ0v) is 61.6. The van der Waals surface area contributed by atoms with E-state index in [0.717, 1.165) is 130 Å². The van der Waals surface area contributed by atoms with Gasteiger partial charge in [-0.25, -0.2) is 24.0 Å². The number of alkyl carbamates (subject to hydrolysis) is 5. The molecule has 3 unspecified atom stereocenters. The van der Waals surface area contributed by atoms with Crippen LogP contribution in [0.25, 0.3) is 0 Å². The summed E-state index contributed by atoms with van der Waals surface area (Å²) in [5, 5.41) is 38.0. The number of aliphatic carboxylic acids is 1. The van der Waals surface area contributed by atoms with Crippen molar-refractivity contribution in [3.8, 4) is 0 Å². The molecule has 6 amide bonds. The van der Waals surface area contributed by atoms with Crippen LogP contribution in [0.15, 0.2) is 0 Å². The monoisotopic (exact) mass is 1350 g/mol. The Kier molecular flexibility index (Phi) is 54.5. The number of carboxylic acids is 1. The number of thioether (sulfide) groups is 1. The fourth-order valence-corrected chi connectivity index (χ4v) is 8.39. The van der Waals surface area contributed by atoms with Gasteiger partial charge in [0.25, 0.3) is 0 Å². The second-order valence-electron chi connectivity index (χ2n) is 28.3. The molecule has 5 rings (SSSR count). The Bertz CT molecular complexity index is 1850. The summed E-state index contributed by atoms with van der Waals surface area (Å²) in [6, 6.07) is -0.00685. The van der Waals surface area contributed by atoms with E-state index in [4.69, 9.17) is 51.7 Å². The number of piperidine rings is 3. The third kappa shape index (κ3) is 67.2. The minimum Gasteiger partial charge on any atom is -0.480 e. The van der Waals surface area contributed by atoms with Crippen molar-refractivity contribution >= 4 is 62.5 Å². The first kappa shape index (κ1) is 94.8. The summed E-state index contributed by atoms with van der Waals surface area (Å²) in [5.41, 5.74) is 18.7. The maximum atomic E-state index is 11.5. The fraction of sp³-hybridized carbons (Fsp3) is 0.891. The van der Waals surface area contributed by atoms with Crippen molar-refractivity contribution in [1.82, 2.24) is 53.2 Å². The minimum atomic E-state index is -0.955. The van der Waals surface area contributed by atoms with Crippen molar-refractivity contribution in [2.24, 2.45) is 22.9 Å². The van der Waals surface area contributed by atoms with Crippen molar-refractivity contribution in [3.63, 3.8) is 0 Å². The average Bonchev–Trinajstić information content (AvgIpc) is 1.80. The fourth-order valence-electron chi connectivity index (χ4n) is 8.39. The van der Waals surface area contributed by atoms with Crippen LogP contribution < -0.4 is 76.1 Å². The van der Waals surface area contributed by atoms with E-state index in [2.05, 4.69) is 53.2 Å². The van der Waals surface area contributed by atoms with Gasteiger partial charge in [-0.15, -0.1) is 0 Å². The lowest BCUT2D eigenvalue weighted by atomic mass is 10.1. The SMILES string of the molecule is CC(C)(C)OC(=O)NC1CCCNC1=O.CC(C)(C)OC(=O)N[C@@H]1CCCCNC1.CC(C)(C)OC(=O)N[C@@H]1CCCNC1.CC(C)(C)OC(=O)N[C@H]1CCCCNC1.CC(C)(C)OC(=O)N[C@H]1CCCNC1.CC(N)CCCN.CSC.NCCCC(N)C(=O)O.[B]. The largest absolute Gasteiger partial charge is 0.480 e. The first-order chi connectivity index (χ1) is 42.6. The molecule has 0 aromatic carbocycles. The summed E-state index contributed by atoms with van der Waals surface area (Å²) in [7, 11) is 0. The second-order valence-corrected chi connectivity index (χ2v) is 29.1. The molecule has 0 aromatic heterocycles. The molecular weight excluding hydrogens is 1220 g/mol. The first-order valence-electron chi connectivity index (χ1n) is 33.3. The smallest absolute Gasteiger partial charge is 0.408 e. The predicted molar refractivity (Wildman–Crippen MR) is 377 cm³/mol. The van der Waals surface area contributed by atoms with Gasteiger partial charge in [0.2, 0.25) is 5.91 Å². The maximum absolute atomic E-state index is 11.5. The van der Waals surface area contributed by atoms with E-state index in [1.54, 1.807) is 32.5 Å². The van der Waals surface area contributed by atoms with Gasteiger partial charge in [-0.05, 0) is 252 Å². The quantitative estimate of drug-likeness (QED) is 0.0739. The number of hydrogen-bond donors (Lipinski definition) is 15. The summed E-state index contributed by atoms with van der Waals surface area (Å²) < 4.78 is 25.8. The van der Waals surface area contributed by atoms with Crippen LogP contribution in [0.3, 0.4) is 0 Å². The maximum Gasteiger partial charge on any atom is 0.408 e. The van der Waals surface area contributed by atoms with Crippen LogP contribution in [0.4, 0.5) is 24.0 Å². The third-order valence-electron chi connectivity index (χ3n) is 12.4. The molecule has 19 N–H and O–H groups in total. The Hall–Kier alpha value is -4.62. The van der Waals surface area contributed by atoms with Gasteiger partial charge in [0.05, 0.1) is 0 Å². The summed E-state index contributed by atoms with van der Waals surface area (Å²) in [6.45, 7) is 39.3. The Labute approximate surface area is 567 Å². The van der Waals surface area contributed by atoms with Gasteiger partial charge in [0.15, 0.2) is 0 Å². The van der Waals surface area contributed by atoms with Gasteiger partial charge in [0.1, 0.15) is 40.1 Å². The normalized spacial score (nSPS) is 20.4. The highest BCUT2D eigenvalue weighted by Gasteiger charge is 2.27. The average molecular weight is 1350 g/mol. The van der Waals surface area contributed by atoms with Crippen molar-refractivity contribution in [1.29, 1.82) is 0 Å². The molecule has 93 heavy (non-hydrogen) atoms. The first-order valence-corrected chi connectivity index (χ1v) is 34.9. The lowest BCUT2D eigenvalue weighted by Crippen LogP contribution is -2.51. The molecule has 0 saturated carbocycles. The van der Waals surface area contributed by atoms with E-state index < -0.39 is 52.2 Å². The highest BCUT2D eigenvalue weighted by molar-refractivity contribution is 7.97. The number of rotatable bonds is 12. The number of amides is 6. The zero-order valence-electron chi connectivity index (χ0n) is 60.8. The molecule has 3 radical (unpaired) electrons. The highest BCUT2D eigenvalue weighted by atomic mass is 32.2. The van der Waals surface area contributed by atoms with E-state index in [0.29, 0.717) is 38.4 Å². The molecule has 7 atom stereocenters. The number of carbonyl (C=O) groups is 7. The molecule has 0 spiro atoms. The van der Waals surface area contributed by atoms with E-state index in [1.165, 1.54) is 12.8 Å². The minimum absolute atomic E-state index is 0. The van der Waals surface area contributed by atoms with Gasteiger partial charge in [-0.1, -0.05) is 12.8 Å². The van der Waals surface area contributed by atoms with Crippen molar-refractivity contribution < 1.29 is 62.4 Å². The van der Waals surface area contributed by atoms with E-state index in [1.807, 2.05) is 103 Å². The Morgan fingerprint density at radius 3 is 0.989 bits per heavy atom. The molecule has 27 nitrogen and oxygen atoms in total. The molecule has 0 aromatic rings. The molecule has 5 heterocycles. The number of carbonyl (C=O) groups excluding carboxylic acids is 6. The van der Waals surface area contributed by atoms with E-state index >= 15 is 0 Å². The van der Waals surface area contributed by atoms with Crippen LogP contribution >= 0.6 is 11.8 Å².